The molecule has 0 atom stereocenters. The molecule has 2 aromatic carbocycles. The van der Waals surface area contributed by atoms with Gasteiger partial charge in [0.15, 0.2) is 0 Å². The standard InChI is InChI=1S/C23H27N5/c1-15-5-8-18(9-6-15)23(3,4)14-26-22-12-11-21(27-28-22)17-7-10-20(25)19(13-17)16(2)24/h5-13H,2,14,24-25H2,1,3-4H3,(H,26,28). The van der Waals surface area contributed by atoms with E-state index in [1.54, 1.807) is 6.07 Å². The van der Waals surface area contributed by atoms with Gasteiger partial charge in [-0.15, -0.1) is 10.2 Å². The fraction of sp³-hybridized carbons (Fsp3) is 0.217. The molecule has 1 heterocycles. The zero-order chi connectivity index (χ0) is 20.3. The Morgan fingerprint density at radius 1 is 1.04 bits per heavy atom. The van der Waals surface area contributed by atoms with Crippen LogP contribution in [0.1, 0.15) is 30.5 Å². The fourth-order valence-corrected chi connectivity index (χ4v) is 2.99. The second-order valence-electron chi connectivity index (χ2n) is 7.73. The van der Waals surface area contributed by atoms with E-state index in [1.165, 1.54) is 11.1 Å². The fourth-order valence-electron chi connectivity index (χ4n) is 2.99. The van der Waals surface area contributed by atoms with E-state index in [4.69, 9.17) is 11.5 Å². The number of hydrogen-bond acceptors (Lipinski definition) is 5. The Labute approximate surface area is 166 Å². The molecule has 0 aliphatic heterocycles. The lowest BCUT2D eigenvalue weighted by molar-refractivity contribution is 0.555. The largest absolute Gasteiger partial charge is 0.399 e. The normalized spacial score (nSPS) is 11.2. The number of aryl methyl sites for hydroxylation is 1. The molecule has 0 saturated heterocycles. The number of nitrogens with two attached hydrogens (primary N) is 2. The van der Waals surface area contributed by atoms with Crippen LogP contribution < -0.4 is 16.8 Å². The first-order valence-electron chi connectivity index (χ1n) is 9.26. The summed E-state index contributed by atoms with van der Waals surface area (Å²) in [6.07, 6.45) is 0. The highest BCUT2D eigenvalue weighted by Gasteiger charge is 2.20. The zero-order valence-corrected chi connectivity index (χ0v) is 16.7. The van der Waals surface area contributed by atoms with Crippen LogP contribution in [0.5, 0.6) is 0 Å². The van der Waals surface area contributed by atoms with Crippen molar-refractivity contribution in [2.45, 2.75) is 26.2 Å². The summed E-state index contributed by atoms with van der Waals surface area (Å²) >= 11 is 0. The maximum absolute atomic E-state index is 5.94. The molecule has 0 saturated carbocycles. The summed E-state index contributed by atoms with van der Waals surface area (Å²) in [6, 6.07) is 18.1. The highest BCUT2D eigenvalue weighted by Crippen LogP contribution is 2.26. The monoisotopic (exact) mass is 373 g/mol. The lowest BCUT2D eigenvalue weighted by Gasteiger charge is -2.26. The van der Waals surface area contributed by atoms with Gasteiger partial charge in [-0.1, -0.05) is 56.3 Å². The van der Waals surface area contributed by atoms with Gasteiger partial charge in [-0.05, 0) is 36.8 Å². The summed E-state index contributed by atoms with van der Waals surface area (Å²) in [4.78, 5) is 0. The topological polar surface area (TPSA) is 89.8 Å². The molecule has 3 aromatic rings. The highest BCUT2D eigenvalue weighted by atomic mass is 15.2. The van der Waals surface area contributed by atoms with Crippen LogP contribution in [0.3, 0.4) is 0 Å². The molecule has 0 aliphatic carbocycles. The SMILES string of the molecule is C=C(N)c1cc(-c2ccc(NCC(C)(C)c3ccc(C)cc3)nn2)ccc1N. The molecule has 144 valence electrons. The molecular weight excluding hydrogens is 346 g/mol. The van der Waals surface area contributed by atoms with Crippen molar-refractivity contribution >= 4 is 17.2 Å². The first kappa shape index (κ1) is 19.4. The van der Waals surface area contributed by atoms with Crippen molar-refractivity contribution in [2.75, 3.05) is 17.6 Å². The predicted molar refractivity (Wildman–Crippen MR) is 118 cm³/mol. The van der Waals surface area contributed by atoms with Gasteiger partial charge in [0.1, 0.15) is 5.82 Å². The van der Waals surface area contributed by atoms with Crippen molar-refractivity contribution < 1.29 is 0 Å². The van der Waals surface area contributed by atoms with Gasteiger partial charge in [-0.2, -0.15) is 0 Å². The van der Waals surface area contributed by atoms with Gasteiger partial charge in [-0.25, -0.2) is 0 Å². The van der Waals surface area contributed by atoms with Crippen LogP contribution in [-0.4, -0.2) is 16.7 Å². The van der Waals surface area contributed by atoms with E-state index >= 15 is 0 Å². The van der Waals surface area contributed by atoms with Crippen LogP contribution in [-0.2, 0) is 5.41 Å². The minimum atomic E-state index is -0.0264. The molecule has 0 radical (unpaired) electrons. The third kappa shape index (κ3) is 4.31. The number of nitrogen functional groups attached to an aromatic ring is 1. The Kier molecular flexibility index (Phi) is 5.36. The van der Waals surface area contributed by atoms with Crippen molar-refractivity contribution in [3.05, 3.63) is 77.9 Å². The Morgan fingerprint density at radius 2 is 1.75 bits per heavy atom. The number of anilines is 2. The summed E-state index contributed by atoms with van der Waals surface area (Å²) in [5, 5.41) is 12.0. The van der Waals surface area contributed by atoms with Gasteiger partial charge in [0.2, 0.25) is 0 Å². The first-order valence-corrected chi connectivity index (χ1v) is 9.26. The third-order valence-corrected chi connectivity index (χ3v) is 4.90. The van der Waals surface area contributed by atoms with Crippen molar-refractivity contribution in [3.63, 3.8) is 0 Å². The van der Waals surface area contributed by atoms with E-state index in [0.717, 1.165) is 29.2 Å². The van der Waals surface area contributed by atoms with E-state index < -0.39 is 0 Å². The van der Waals surface area contributed by atoms with Gasteiger partial charge >= 0.3 is 0 Å². The number of aromatic nitrogens is 2. The van der Waals surface area contributed by atoms with E-state index in [0.29, 0.717) is 11.4 Å². The Morgan fingerprint density at radius 3 is 2.36 bits per heavy atom. The minimum absolute atomic E-state index is 0.0264. The molecule has 0 amide bonds. The average Bonchev–Trinajstić information content (AvgIpc) is 2.67. The second-order valence-corrected chi connectivity index (χ2v) is 7.73. The predicted octanol–water partition coefficient (Wildman–Crippen LogP) is 4.35. The number of rotatable bonds is 6. The molecule has 0 unspecified atom stereocenters. The number of nitrogens with one attached hydrogen (secondary N) is 1. The summed E-state index contributed by atoms with van der Waals surface area (Å²) in [5.41, 5.74) is 17.7. The van der Waals surface area contributed by atoms with Crippen molar-refractivity contribution in [2.24, 2.45) is 5.73 Å². The second kappa shape index (κ2) is 7.72. The minimum Gasteiger partial charge on any atom is -0.399 e. The molecule has 28 heavy (non-hydrogen) atoms. The maximum Gasteiger partial charge on any atom is 0.148 e. The molecule has 5 nitrogen and oxygen atoms in total. The summed E-state index contributed by atoms with van der Waals surface area (Å²) < 4.78 is 0. The van der Waals surface area contributed by atoms with Crippen molar-refractivity contribution in [1.82, 2.24) is 10.2 Å². The molecule has 5 heteroatoms. The summed E-state index contributed by atoms with van der Waals surface area (Å²) in [7, 11) is 0. The van der Waals surface area contributed by atoms with E-state index in [9.17, 15) is 0 Å². The molecular formula is C23H27N5. The van der Waals surface area contributed by atoms with Gasteiger partial charge in [0, 0.05) is 34.5 Å². The Hall–Kier alpha value is -3.34. The van der Waals surface area contributed by atoms with Gasteiger partial charge < -0.3 is 16.8 Å². The molecule has 0 fully saturated rings. The van der Waals surface area contributed by atoms with Crippen LogP contribution >= 0.6 is 0 Å². The molecule has 5 N–H and O–H groups in total. The summed E-state index contributed by atoms with van der Waals surface area (Å²) in [6.45, 7) is 11.0. The molecule has 3 rings (SSSR count). The number of hydrogen-bond donors (Lipinski definition) is 3. The quantitative estimate of drug-likeness (QED) is 0.559. The Balaban J connectivity index is 1.72. The molecule has 1 aromatic heterocycles. The lowest BCUT2D eigenvalue weighted by Crippen LogP contribution is -2.28. The van der Waals surface area contributed by atoms with Gasteiger partial charge in [-0.3, -0.25) is 0 Å². The van der Waals surface area contributed by atoms with E-state index in [2.05, 4.69) is 67.1 Å². The van der Waals surface area contributed by atoms with E-state index in [-0.39, 0.29) is 5.41 Å². The smallest absolute Gasteiger partial charge is 0.148 e. The lowest BCUT2D eigenvalue weighted by atomic mass is 9.84. The summed E-state index contributed by atoms with van der Waals surface area (Å²) in [5.74, 6) is 0.739. The van der Waals surface area contributed by atoms with Crippen LogP contribution in [0.4, 0.5) is 11.5 Å². The van der Waals surface area contributed by atoms with E-state index in [1.807, 2.05) is 24.3 Å². The first-order chi connectivity index (χ1) is 13.3. The highest BCUT2D eigenvalue weighted by molar-refractivity contribution is 5.76. The van der Waals surface area contributed by atoms with Crippen molar-refractivity contribution in [1.29, 1.82) is 0 Å². The van der Waals surface area contributed by atoms with Crippen molar-refractivity contribution in [3.8, 4) is 11.3 Å². The van der Waals surface area contributed by atoms with Gasteiger partial charge in [0.25, 0.3) is 0 Å². The Bertz CT molecular complexity index is 973. The molecule has 0 bridgehead atoms. The van der Waals surface area contributed by atoms with Crippen LogP contribution in [0.2, 0.25) is 0 Å². The number of benzene rings is 2. The van der Waals surface area contributed by atoms with Crippen LogP contribution in [0.25, 0.3) is 17.0 Å². The maximum atomic E-state index is 5.94. The molecule has 0 spiro atoms. The molecule has 0 aliphatic rings. The third-order valence-electron chi connectivity index (χ3n) is 4.90. The van der Waals surface area contributed by atoms with Crippen LogP contribution in [0, 0.1) is 6.92 Å². The van der Waals surface area contributed by atoms with Gasteiger partial charge in [0.05, 0.1) is 5.69 Å². The van der Waals surface area contributed by atoms with Crippen LogP contribution in [0.15, 0.2) is 61.2 Å². The zero-order valence-electron chi connectivity index (χ0n) is 16.7. The average molecular weight is 374 g/mol. The number of nitrogens with zero attached hydrogens (tertiary/aromatic N) is 2.